The fraction of sp³-hybridized carbons (Fsp3) is 0.214. The predicted molar refractivity (Wildman–Crippen MR) is 147 cm³/mol. The van der Waals surface area contributed by atoms with Crippen LogP contribution >= 0.6 is 0 Å². The van der Waals surface area contributed by atoms with E-state index in [0.29, 0.717) is 25.5 Å². The molecule has 3 heterocycles. The maximum absolute atomic E-state index is 11.3. The second-order valence-electron chi connectivity index (χ2n) is 8.92. The van der Waals surface area contributed by atoms with Crippen LogP contribution < -0.4 is 15.0 Å². The van der Waals surface area contributed by atoms with Gasteiger partial charge in [0.05, 0.1) is 30.0 Å². The zero-order chi connectivity index (χ0) is 25.7. The Morgan fingerprint density at radius 3 is 2.70 bits per heavy atom. The summed E-state index contributed by atoms with van der Waals surface area (Å²) in [6.07, 6.45) is 10.9. The molecule has 0 aliphatic carbocycles. The summed E-state index contributed by atoms with van der Waals surface area (Å²) in [5, 5.41) is 3.13. The van der Waals surface area contributed by atoms with E-state index < -0.39 is 9.84 Å². The normalized spacial score (nSPS) is 18.1. The molecule has 1 aromatic heterocycles. The van der Waals surface area contributed by atoms with E-state index in [4.69, 9.17) is 14.1 Å². The summed E-state index contributed by atoms with van der Waals surface area (Å²) in [6.45, 7) is 1.42. The molecule has 8 nitrogen and oxygen atoms in total. The quantitative estimate of drug-likeness (QED) is 0.407. The maximum atomic E-state index is 11.3. The number of para-hydroxylation sites is 1. The van der Waals surface area contributed by atoms with Gasteiger partial charge in [-0.15, -0.1) is 0 Å². The number of ether oxygens (including phenoxy) is 1. The zero-order valence-electron chi connectivity index (χ0n) is 20.4. The van der Waals surface area contributed by atoms with Crippen molar-refractivity contribution in [2.75, 3.05) is 30.0 Å². The van der Waals surface area contributed by atoms with Crippen LogP contribution in [0.4, 0.5) is 11.6 Å². The number of furan rings is 1. The van der Waals surface area contributed by atoms with Crippen molar-refractivity contribution in [3.63, 3.8) is 0 Å². The summed E-state index contributed by atoms with van der Waals surface area (Å²) in [4.78, 5) is 11.3. The molecule has 2 aliphatic heterocycles. The number of rotatable bonds is 9. The van der Waals surface area contributed by atoms with Crippen LogP contribution in [0.5, 0.6) is 11.5 Å². The molecule has 9 heteroatoms. The highest BCUT2D eigenvalue weighted by Crippen LogP contribution is 2.30. The molecule has 0 spiro atoms. The Morgan fingerprint density at radius 2 is 1.92 bits per heavy atom. The molecule has 190 valence electrons. The van der Waals surface area contributed by atoms with E-state index in [2.05, 4.69) is 16.4 Å². The number of nitrogens with zero attached hydrogens (tertiary/aromatic N) is 3. The molecule has 5 rings (SSSR count). The van der Waals surface area contributed by atoms with E-state index in [1.807, 2.05) is 84.2 Å². The fourth-order valence-electron chi connectivity index (χ4n) is 4.00. The molecule has 0 amide bonds. The smallest absolute Gasteiger partial charge is 0.203 e. The first-order valence-electron chi connectivity index (χ1n) is 12.0. The van der Waals surface area contributed by atoms with Crippen LogP contribution in [-0.2, 0) is 16.4 Å². The molecule has 37 heavy (non-hydrogen) atoms. The van der Waals surface area contributed by atoms with E-state index in [-0.39, 0.29) is 11.7 Å². The van der Waals surface area contributed by atoms with Crippen LogP contribution in [0.3, 0.4) is 0 Å². The molecule has 1 unspecified atom stereocenters. The van der Waals surface area contributed by atoms with Gasteiger partial charge in [0.15, 0.2) is 0 Å². The van der Waals surface area contributed by atoms with Gasteiger partial charge in [-0.2, -0.15) is 0 Å². The van der Waals surface area contributed by atoms with Crippen LogP contribution in [0.15, 0.2) is 105 Å². The number of hydrogen-bond donors (Lipinski definition) is 1. The lowest BCUT2D eigenvalue weighted by Crippen LogP contribution is -2.27. The summed E-state index contributed by atoms with van der Waals surface area (Å²) < 4.78 is 34.2. The van der Waals surface area contributed by atoms with Gasteiger partial charge >= 0.3 is 0 Å². The van der Waals surface area contributed by atoms with Gasteiger partial charge in [-0.25, -0.2) is 8.42 Å². The van der Waals surface area contributed by atoms with Crippen molar-refractivity contribution >= 4 is 33.3 Å². The molecular weight excluding hydrogens is 488 g/mol. The topological polar surface area (TPSA) is 96.5 Å². The SMILES string of the molecule is CS(=O)(=O)CCNCc1coc(N2C=CC3C=NCC(=Nc4ccc(Oc5ccccc5)cc4)C3=C2)c1. The number of nitrogens with one attached hydrogen (secondary N) is 1. The predicted octanol–water partition coefficient (Wildman–Crippen LogP) is 4.90. The second-order valence-corrected chi connectivity index (χ2v) is 11.2. The van der Waals surface area contributed by atoms with Gasteiger partial charge in [0, 0.05) is 61.1 Å². The number of fused-ring (bicyclic) bond motifs is 1. The molecule has 0 fully saturated rings. The van der Waals surface area contributed by atoms with Gasteiger partial charge in [-0.05, 0) is 36.4 Å². The van der Waals surface area contributed by atoms with E-state index >= 15 is 0 Å². The summed E-state index contributed by atoms with van der Waals surface area (Å²) >= 11 is 0. The molecule has 2 aromatic carbocycles. The summed E-state index contributed by atoms with van der Waals surface area (Å²) in [6, 6.07) is 19.3. The molecule has 0 radical (unpaired) electrons. The van der Waals surface area contributed by atoms with Gasteiger partial charge in [0.25, 0.3) is 0 Å². The Labute approximate surface area is 216 Å². The van der Waals surface area contributed by atoms with Crippen molar-refractivity contribution in [3.8, 4) is 11.5 Å². The number of anilines is 1. The summed E-state index contributed by atoms with van der Waals surface area (Å²) in [5.74, 6) is 2.37. The van der Waals surface area contributed by atoms with Gasteiger partial charge in [-0.3, -0.25) is 14.9 Å². The highest BCUT2D eigenvalue weighted by molar-refractivity contribution is 7.90. The van der Waals surface area contributed by atoms with Gasteiger partial charge < -0.3 is 14.5 Å². The van der Waals surface area contributed by atoms with E-state index in [1.54, 1.807) is 6.26 Å². The molecule has 2 aliphatic rings. The second kappa shape index (κ2) is 11.0. The molecule has 0 saturated heterocycles. The van der Waals surface area contributed by atoms with Crippen LogP contribution in [-0.4, -0.2) is 45.4 Å². The van der Waals surface area contributed by atoms with Crippen molar-refractivity contribution in [1.82, 2.24) is 5.32 Å². The Kier molecular flexibility index (Phi) is 7.34. The lowest BCUT2D eigenvalue weighted by Gasteiger charge is -2.26. The standard InChI is InChI=1S/C28H28N4O4S/c1-37(33,34)14-12-29-16-21-15-28(35-20-21)32-13-11-22-17-30-18-27(26(22)19-32)31-23-7-9-25(10-8-23)36-24-5-3-2-4-6-24/h2-11,13,15,17,19-20,22,29H,12,14,16,18H2,1H3. The van der Waals surface area contributed by atoms with Gasteiger partial charge in [0.2, 0.25) is 5.88 Å². The first-order valence-corrected chi connectivity index (χ1v) is 14.0. The molecule has 0 bridgehead atoms. The highest BCUT2D eigenvalue weighted by atomic mass is 32.2. The third-order valence-electron chi connectivity index (χ3n) is 5.88. The summed E-state index contributed by atoms with van der Waals surface area (Å²) in [5.41, 5.74) is 3.72. The lowest BCUT2D eigenvalue weighted by atomic mass is 9.92. The average Bonchev–Trinajstić information content (AvgIpc) is 3.37. The zero-order valence-corrected chi connectivity index (χ0v) is 21.3. The average molecular weight is 517 g/mol. The van der Waals surface area contributed by atoms with Crippen LogP contribution in [0.2, 0.25) is 0 Å². The third kappa shape index (κ3) is 6.63. The number of benzene rings is 2. The minimum absolute atomic E-state index is 0.0523. The van der Waals surface area contributed by atoms with Crippen molar-refractivity contribution in [3.05, 3.63) is 96.5 Å². The van der Waals surface area contributed by atoms with Gasteiger partial charge in [-0.1, -0.05) is 24.3 Å². The number of hydrogen-bond acceptors (Lipinski definition) is 8. The molecule has 0 saturated carbocycles. The van der Waals surface area contributed by atoms with E-state index in [0.717, 1.165) is 34.0 Å². The fourth-order valence-corrected chi connectivity index (χ4v) is 4.51. The minimum atomic E-state index is -2.98. The van der Waals surface area contributed by atoms with Gasteiger partial charge in [0.1, 0.15) is 21.3 Å². The van der Waals surface area contributed by atoms with Crippen molar-refractivity contribution < 1.29 is 17.6 Å². The number of sulfone groups is 1. The third-order valence-corrected chi connectivity index (χ3v) is 6.83. The Morgan fingerprint density at radius 1 is 1.14 bits per heavy atom. The van der Waals surface area contributed by atoms with Crippen molar-refractivity contribution in [2.24, 2.45) is 15.9 Å². The lowest BCUT2D eigenvalue weighted by molar-refractivity contribution is 0.483. The monoisotopic (exact) mass is 516 g/mol. The van der Waals surface area contributed by atoms with E-state index in [1.165, 1.54) is 6.26 Å². The van der Waals surface area contributed by atoms with Crippen LogP contribution in [0.1, 0.15) is 5.56 Å². The maximum Gasteiger partial charge on any atom is 0.203 e. The molecule has 1 N–H and O–H groups in total. The summed E-state index contributed by atoms with van der Waals surface area (Å²) in [7, 11) is -2.98. The molecular formula is C28H28N4O4S. The van der Waals surface area contributed by atoms with E-state index in [9.17, 15) is 8.42 Å². The number of aliphatic imine (C=N–C) groups is 2. The molecule has 3 aromatic rings. The highest BCUT2D eigenvalue weighted by Gasteiger charge is 2.24. The van der Waals surface area contributed by atoms with Crippen LogP contribution in [0, 0.1) is 5.92 Å². The Balaban J connectivity index is 1.27. The first kappa shape index (κ1) is 24.7. The van der Waals surface area contributed by atoms with Crippen molar-refractivity contribution in [2.45, 2.75) is 6.54 Å². The molecule has 1 atom stereocenters. The number of allylic oxidation sites excluding steroid dienone is 1. The Bertz CT molecular complexity index is 1460. The minimum Gasteiger partial charge on any atom is -0.457 e. The largest absolute Gasteiger partial charge is 0.457 e. The first-order chi connectivity index (χ1) is 17.9. The Hall–Kier alpha value is -3.95. The van der Waals surface area contributed by atoms with Crippen LogP contribution in [0.25, 0.3) is 0 Å². The van der Waals surface area contributed by atoms with Crippen molar-refractivity contribution in [1.29, 1.82) is 0 Å².